The van der Waals surface area contributed by atoms with Gasteiger partial charge in [0.05, 0.1) is 17.7 Å². The van der Waals surface area contributed by atoms with E-state index in [2.05, 4.69) is 15.6 Å². The molecule has 2 aromatic rings. The zero-order chi connectivity index (χ0) is 18.4. The van der Waals surface area contributed by atoms with Crippen LogP contribution in [0.3, 0.4) is 0 Å². The standard InChI is InChI=1S/C20H27N3O3/c1-15-3-5-16(6-4-15)18-23-17(13-26-18)7-10-22-19(24)20(14-25-2)8-11-21-12-9-20/h3-6,13,21H,7-12,14H2,1-2H3,(H,22,24). The van der Waals surface area contributed by atoms with Gasteiger partial charge in [-0.2, -0.15) is 0 Å². The number of benzene rings is 1. The van der Waals surface area contributed by atoms with E-state index in [1.54, 1.807) is 13.4 Å². The van der Waals surface area contributed by atoms with Crippen molar-refractivity contribution < 1.29 is 13.9 Å². The average Bonchev–Trinajstić information content (AvgIpc) is 3.12. The van der Waals surface area contributed by atoms with Gasteiger partial charge in [-0.1, -0.05) is 17.7 Å². The van der Waals surface area contributed by atoms with Crippen LogP contribution < -0.4 is 10.6 Å². The van der Waals surface area contributed by atoms with Crippen molar-refractivity contribution in [3.05, 3.63) is 41.8 Å². The molecule has 0 bridgehead atoms. The van der Waals surface area contributed by atoms with E-state index in [9.17, 15) is 4.79 Å². The van der Waals surface area contributed by atoms with Crippen LogP contribution in [0.15, 0.2) is 34.9 Å². The summed E-state index contributed by atoms with van der Waals surface area (Å²) in [5.41, 5.74) is 2.58. The molecule has 3 rings (SSSR count). The minimum Gasteiger partial charge on any atom is -0.444 e. The topological polar surface area (TPSA) is 76.4 Å². The molecule has 1 aliphatic rings. The highest BCUT2D eigenvalue weighted by molar-refractivity contribution is 5.83. The first-order valence-electron chi connectivity index (χ1n) is 9.12. The van der Waals surface area contributed by atoms with E-state index in [0.29, 0.717) is 25.5 Å². The summed E-state index contributed by atoms with van der Waals surface area (Å²) in [6.07, 6.45) is 3.90. The van der Waals surface area contributed by atoms with Crippen LogP contribution in [-0.2, 0) is 16.0 Å². The fourth-order valence-corrected chi connectivity index (χ4v) is 3.36. The fourth-order valence-electron chi connectivity index (χ4n) is 3.36. The zero-order valence-electron chi connectivity index (χ0n) is 15.5. The molecule has 2 heterocycles. The summed E-state index contributed by atoms with van der Waals surface area (Å²) in [5.74, 6) is 0.684. The number of methoxy groups -OCH3 is 1. The zero-order valence-corrected chi connectivity index (χ0v) is 15.5. The van der Waals surface area contributed by atoms with Gasteiger partial charge in [-0.15, -0.1) is 0 Å². The number of piperidine rings is 1. The molecule has 1 aromatic heterocycles. The predicted octanol–water partition coefficient (Wildman–Crippen LogP) is 2.32. The van der Waals surface area contributed by atoms with E-state index in [1.807, 2.05) is 31.2 Å². The molecule has 6 heteroatoms. The Hall–Kier alpha value is -2.18. The van der Waals surface area contributed by atoms with Crippen LogP contribution in [0.2, 0.25) is 0 Å². The molecule has 0 aliphatic carbocycles. The third-order valence-electron chi connectivity index (χ3n) is 4.98. The second-order valence-electron chi connectivity index (χ2n) is 6.98. The van der Waals surface area contributed by atoms with Gasteiger partial charge < -0.3 is 19.8 Å². The Balaban J connectivity index is 1.54. The highest BCUT2D eigenvalue weighted by Crippen LogP contribution is 2.29. The summed E-state index contributed by atoms with van der Waals surface area (Å²) < 4.78 is 10.9. The van der Waals surface area contributed by atoms with Gasteiger partial charge in [-0.3, -0.25) is 4.79 Å². The first kappa shape index (κ1) is 18.6. The molecule has 1 fully saturated rings. The molecule has 1 amide bonds. The lowest BCUT2D eigenvalue weighted by Gasteiger charge is -2.35. The number of aryl methyl sites for hydroxylation is 1. The quantitative estimate of drug-likeness (QED) is 0.795. The summed E-state index contributed by atoms with van der Waals surface area (Å²) in [4.78, 5) is 17.2. The van der Waals surface area contributed by atoms with Gasteiger partial charge in [0.2, 0.25) is 11.8 Å². The van der Waals surface area contributed by atoms with Crippen LogP contribution in [0.25, 0.3) is 11.5 Å². The number of hydrogen-bond donors (Lipinski definition) is 2. The molecule has 1 aromatic carbocycles. The van der Waals surface area contributed by atoms with Crippen molar-refractivity contribution in [1.82, 2.24) is 15.6 Å². The van der Waals surface area contributed by atoms with E-state index < -0.39 is 5.41 Å². The molecule has 0 atom stereocenters. The molecular formula is C20H27N3O3. The van der Waals surface area contributed by atoms with E-state index >= 15 is 0 Å². The summed E-state index contributed by atoms with van der Waals surface area (Å²) in [6.45, 7) is 4.74. The lowest BCUT2D eigenvalue weighted by atomic mass is 9.78. The van der Waals surface area contributed by atoms with Gasteiger partial charge in [0.15, 0.2) is 0 Å². The predicted molar refractivity (Wildman–Crippen MR) is 99.8 cm³/mol. The summed E-state index contributed by atoms with van der Waals surface area (Å²) in [6, 6.07) is 8.07. The third-order valence-corrected chi connectivity index (χ3v) is 4.98. The molecule has 0 unspecified atom stereocenters. The Kier molecular flexibility index (Phi) is 6.06. The fraction of sp³-hybridized carbons (Fsp3) is 0.500. The Bertz CT molecular complexity index is 713. The summed E-state index contributed by atoms with van der Waals surface area (Å²) in [5, 5.41) is 6.35. The van der Waals surface area contributed by atoms with Crippen molar-refractivity contribution in [3.63, 3.8) is 0 Å². The lowest BCUT2D eigenvalue weighted by molar-refractivity contribution is -0.136. The molecule has 26 heavy (non-hydrogen) atoms. The monoisotopic (exact) mass is 357 g/mol. The third kappa shape index (κ3) is 4.31. The van der Waals surface area contributed by atoms with Crippen molar-refractivity contribution in [2.75, 3.05) is 33.4 Å². The summed E-state index contributed by atoms with van der Waals surface area (Å²) >= 11 is 0. The Morgan fingerprint density at radius 2 is 2.04 bits per heavy atom. The molecule has 0 saturated carbocycles. The molecule has 6 nitrogen and oxygen atoms in total. The number of carbonyl (C=O) groups is 1. The van der Waals surface area contributed by atoms with Crippen molar-refractivity contribution in [3.8, 4) is 11.5 Å². The molecule has 1 saturated heterocycles. The molecule has 140 valence electrons. The second kappa shape index (κ2) is 8.47. The van der Waals surface area contributed by atoms with Crippen molar-refractivity contribution in [1.29, 1.82) is 0 Å². The second-order valence-corrected chi connectivity index (χ2v) is 6.98. The molecule has 1 aliphatic heterocycles. The number of aromatic nitrogens is 1. The maximum atomic E-state index is 12.7. The molecule has 0 spiro atoms. The number of amides is 1. The maximum absolute atomic E-state index is 12.7. The van der Waals surface area contributed by atoms with Crippen molar-refractivity contribution >= 4 is 5.91 Å². The Morgan fingerprint density at radius 3 is 2.73 bits per heavy atom. The van der Waals surface area contributed by atoms with E-state index in [4.69, 9.17) is 9.15 Å². The van der Waals surface area contributed by atoms with Crippen molar-refractivity contribution in [2.24, 2.45) is 5.41 Å². The van der Waals surface area contributed by atoms with E-state index in [0.717, 1.165) is 37.2 Å². The van der Waals surface area contributed by atoms with Crippen LogP contribution in [0.5, 0.6) is 0 Å². The van der Waals surface area contributed by atoms with Gasteiger partial charge in [-0.05, 0) is 45.0 Å². The van der Waals surface area contributed by atoms with E-state index in [-0.39, 0.29) is 5.91 Å². The lowest BCUT2D eigenvalue weighted by Crippen LogP contribution is -2.50. The molecule has 0 radical (unpaired) electrons. The molecular weight excluding hydrogens is 330 g/mol. The highest BCUT2D eigenvalue weighted by atomic mass is 16.5. The van der Waals surface area contributed by atoms with Gasteiger partial charge in [0.25, 0.3) is 0 Å². The van der Waals surface area contributed by atoms with Gasteiger partial charge in [0, 0.05) is 25.6 Å². The number of ether oxygens (including phenoxy) is 1. The van der Waals surface area contributed by atoms with Crippen LogP contribution in [-0.4, -0.2) is 44.2 Å². The summed E-state index contributed by atoms with van der Waals surface area (Å²) in [7, 11) is 1.65. The number of nitrogens with one attached hydrogen (secondary N) is 2. The van der Waals surface area contributed by atoms with E-state index in [1.165, 1.54) is 5.56 Å². The van der Waals surface area contributed by atoms with Crippen LogP contribution >= 0.6 is 0 Å². The van der Waals surface area contributed by atoms with Gasteiger partial charge >= 0.3 is 0 Å². The van der Waals surface area contributed by atoms with Crippen molar-refractivity contribution in [2.45, 2.75) is 26.2 Å². The largest absolute Gasteiger partial charge is 0.444 e. The molecule has 2 N–H and O–H groups in total. The van der Waals surface area contributed by atoms with Gasteiger partial charge in [-0.25, -0.2) is 4.98 Å². The highest BCUT2D eigenvalue weighted by Gasteiger charge is 2.39. The number of carbonyl (C=O) groups excluding carboxylic acids is 1. The first-order chi connectivity index (χ1) is 12.6. The first-order valence-corrected chi connectivity index (χ1v) is 9.12. The van der Waals surface area contributed by atoms with Crippen LogP contribution in [0.1, 0.15) is 24.1 Å². The van der Waals surface area contributed by atoms with Gasteiger partial charge in [0.1, 0.15) is 6.26 Å². The van der Waals surface area contributed by atoms with Crippen LogP contribution in [0, 0.1) is 12.3 Å². The number of hydrogen-bond acceptors (Lipinski definition) is 5. The minimum absolute atomic E-state index is 0.0723. The SMILES string of the molecule is COCC1(C(=O)NCCc2coc(-c3ccc(C)cc3)n2)CCNCC1. The minimum atomic E-state index is -0.420. The average molecular weight is 357 g/mol. The smallest absolute Gasteiger partial charge is 0.228 e. The maximum Gasteiger partial charge on any atom is 0.228 e. The Morgan fingerprint density at radius 1 is 1.31 bits per heavy atom. The number of oxazole rings is 1. The Labute approximate surface area is 154 Å². The normalized spacial score (nSPS) is 16.4. The number of nitrogens with zero attached hydrogens (tertiary/aromatic N) is 1. The van der Waals surface area contributed by atoms with Crippen LogP contribution in [0.4, 0.5) is 0 Å². The number of rotatable bonds is 7.